The number of nitrogens with zero attached hydrogens (tertiary/aromatic N) is 3. The molecule has 0 saturated carbocycles. The first-order chi connectivity index (χ1) is 11.7. The lowest BCUT2D eigenvalue weighted by atomic mass is 10.1. The molecule has 4 nitrogen and oxygen atoms in total. The fourth-order valence-electron chi connectivity index (χ4n) is 2.80. The van der Waals surface area contributed by atoms with Gasteiger partial charge in [-0.15, -0.1) is 0 Å². The minimum atomic E-state index is 0. The standard InChI is InChI=1S/C19H16N4S.ClH/c1-13-12-23(2)19(24-13)22-21-18-15-10-6-7-11-16(15)20-17(18)14-8-4-3-5-9-14;/h3-12H,1-2H3;1H. The van der Waals surface area contributed by atoms with E-state index in [1.165, 1.54) is 4.88 Å². The summed E-state index contributed by atoms with van der Waals surface area (Å²) in [6, 6.07) is 18.4. The zero-order valence-corrected chi connectivity index (χ0v) is 15.5. The molecule has 0 bridgehead atoms. The lowest BCUT2D eigenvalue weighted by Gasteiger charge is -1.97. The molecule has 0 spiro atoms. The molecule has 1 N–H and O–H groups in total. The number of nitrogens with one attached hydrogen (secondary N) is 1. The molecule has 0 saturated heterocycles. The summed E-state index contributed by atoms with van der Waals surface area (Å²) >= 11 is 1.64. The zero-order chi connectivity index (χ0) is 16.5. The summed E-state index contributed by atoms with van der Waals surface area (Å²) in [5.41, 5.74) is 4.05. The maximum Gasteiger partial charge on any atom is 0.408 e. The number of thiazole rings is 1. The van der Waals surface area contributed by atoms with Crippen molar-refractivity contribution in [1.82, 2.24) is 4.98 Å². The van der Waals surface area contributed by atoms with Crippen LogP contribution < -0.4 is 17.0 Å². The Labute approximate surface area is 156 Å². The van der Waals surface area contributed by atoms with Gasteiger partial charge in [-0.2, -0.15) is 0 Å². The van der Waals surface area contributed by atoms with Crippen molar-refractivity contribution in [1.29, 1.82) is 0 Å². The molecule has 0 unspecified atom stereocenters. The van der Waals surface area contributed by atoms with Crippen LogP contribution in [0.25, 0.3) is 22.2 Å². The highest BCUT2D eigenvalue weighted by Gasteiger charge is 2.16. The maximum absolute atomic E-state index is 4.60. The number of aromatic nitrogens is 2. The van der Waals surface area contributed by atoms with Crippen LogP contribution >= 0.6 is 11.3 Å². The number of benzene rings is 2. The lowest BCUT2D eigenvalue weighted by Crippen LogP contribution is -3.00. The van der Waals surface area contributed by atoms with Gasteiger partial charge in [0.1, 0.15) is 11.9 Å². The number of hydrogen-bond acceptors (Lipinski definition) is 3. The van der Waals surface area contributed by atoms with Gasteiger partial charge in [0.25, 0.3) is 0 Å². The van der Waals surface area contributed by atoms with Crippen LogP contribution in [0.2, 0.25) is 0 Å². The van der Waals surface area contributed by atoms with Crippen LogP contribution in [-0.4, -0.2) is 4.98 Å². The van der Waals surface area contributed by atoms with E-state index in [0.717, 1.165) is 33.0 Å². The van der Waals surface area contributed by atoms with Gasteiger partial charge in [0, 0.05) is 21.3 Å². The molecule has 0 radical (unpaired) electrons. The number of halogens is 1. The van der Waals surface area contributed by atoms with Gasteiger partial charge >= 0.3 is 5.13 Å². The van der Waals surface area contributed by atoms with Crippen LogP contribution in [0.3, 0.4) is 0 Å². The molecule has 126 valence electrons. The molecule has 2 aromatic heterocycles. The number of rotatable bonds is 3. The van der Waals surface area contributed by atoms with Gasteiger partial charge in [-0.3, -0.25) is 0 Å². The van der Waals surface area contributed by atoms with Crippen molar-refractivity contribution in [2.24, 2.45) is 17.3 Å². The van der Waals surface area contributed by atoms with Crippen LogP contribution in [0.5, 0.6) is 0 Å². The van der Waals surface area contributed by atoms with Crippen molar-refractivity contribution in [3.05, 3.63) is 65.7 Å². The smallest absolute Gasteiger partial charge is 0.408 e. The molecular formula is C19H17ClN4S. The average molecular weight is 369 g/mol. The van der Waals surface area contributed by atoms with Crippen molar-refractivity contribution in [2.45, 2.75) is 6.92 Å². The topological polar surface area (TPSA) is 44.4 Å². The molecule has 0 amide bonds. The van der Waals surface area contributed by atoms with Crippen LogP contribution in [0, 0.1) is 6.92 Å². The minimum Gasteiger partial charge on any atom is -1.00 e. The number of para-hydroxylation sites is 1. The van der Waals surface area contributed by atoms with Gasteiger partial charge in [0.2, 0.25) is 0 Å². The van der Waals surface area contributed by atoms with Crippen molar-refractivity contribution < 1.29 is 17.0 Å². The highest BCUT2D eigenvalue weighted by Crippen LogP contribution is 2.38. The second-order valence-electron chi connectivity index (χ2n) is 5.70. The summed E-state index contributed by atoms with van der Waals surface area (Å²) in [6.07, 6.45) is 2.06. The van der Waals surface area contributed by atoms with Crippen LogP contribution in [0.4, 0.5) is 10.8 Å². The zero-order valence-electron chi connectivity index (χ0n) is 13.9. The first-order valence-electron chi connectivity index (χ1n) is 7.76. The molecular weight excluding hydrogens is 352 g/mol. The maximum atomic E-state index is 4.60. The lowest BCUT2D eigenvalue weighted by molar-refractivity contribution is -0.654. The van der Waals surface area contributed by atoms with Crippen LogP contribution in [-0.2, 0) is 7.05 Å². The minimum absolute atomic E-state index is 0. The number of fused-ring (bicyclic) bond motifs is 1. The molecule has 2 aromatic carbocycles. The number of aromatic amines is 1. The Kier molecular flexibility index (Phi) is 4.97. The van der Waals surface area contributed by atoms with E-state index in [1.807, 2.05) is 41.9 Å². The normalized spacial score (nSPS) is 11.1. The third-order valence-electron chi connectivity index (χ3n) is 3.91. The Morgan fingerprint density at radius 1 is 0.960 bits per heavy atom. The predicted molar refractivity (Wildman–Crippen MR) is 98.1 cm³/mol. The molecule has 0 atom stereocenters. The summed E-state index contributed by atoms with van der Waals surface area (Å²) < 4.78 is 2.00. The van der Waals surface area contributed by atoms with E-state index in [0.29, 0.717) is 0 Å². The Hall–Kier alpha value is -2.50. The Morgan fingerprint density at radius 3 is 2.40 bits per heavy atom. The van der Waals surface area contributed by atoms with E-state index in [2.05, 4.69) is 52.6 Å². The first kappa shape index (κ1) is 17.3. The van der Waals surface area contributed by atoms with Gasteiger partial charge in [-0.1, -0.05) is 48.5 Å². The summed E-state index contributed by atoms with van der Waals surface area (Å²) in [5, 5.41) is 11.1. The van der Waals surface area contributed by atoms with Crippen molar-refractivity contribution in [3.8, 4) is 11.3 Å². The van der Waals surface area contributed by atoms with E-state index in [9.17, 15) is 0 Å². The van der Waals surface area contributed by atoms with E-state index >= 15 is 0 Å². The van der Waals surface area contributed by atoms with Crippen molar-refractivity contribution >= 4 is 33.1 Å². The summed E-state index contributed by atoms with van der Waals surface area (Å²) in [5.74, 6) is 0. The number of aryl methyl sites for hydroxylation is 2. The van der Waals surface area contributed by atoms with Crippen LogP contribution in [0.15, 0.2) is 71.0 Å². The van der Waals surface area contributed by atoms with Gasteiger partial charge in [-0.25, -0.2) is 4.57 Å². The molecule has 25 heavy (non-hydrogen) atoms. The molecule has 0 aliphatic heterocycles. The van der Waals surface area contributed by atoms with E-state index in [1.54, 1.807) is 11.3 Å². The van der Waals surface area contributed by atoms with Crippen molar-refractivity contribution in [3.63, 3.8) is 0 Å². The Balaban J connectivity index is 0.00000182. The molecule has 6 heteroatoms. The third kappa shape index (κ3) is 3.34. The van der Waals surface area contributed by atoms with E-state index in [4.69, 9.17) is 0 Å². The highest BCUT2D eigenvalue weighted by molar-refractivity contribution is 7.14. The molecule has 2 heterocycles. The van der Waals surface area contributed by atoms with Gasteiger partial charge < -0.3 is 17.4 Å². The average Bonchev–Trinajstić information content (AvgIpc) is 3.13. The Bertz CT molecular complexity index is 1030. The highest BCUT2D eigenvalue weighted by atomic mass is 35.5. The fraction of sp³-hybridized carbons (Fsp3) is 0.105. The SMILES string of the molecule is Cc1c[n+](C)c(N=Nc2c(-c3ccccc3)[nH]c3ccccc23)s1.[Cl-]. The first-order valence-corrected chi connectivity index (χ1v) is 8.58. The van der Waals surface area contributed by atoms with E-state index in [-0.39, 0.29) is 12.4 Å². The molecule has 0 aliphatic carbocycles. The Morgan fingerprint density at radius 2 is 1.68 bits per heavy atom. The molecule has 4 rings (SSSR count). The number of azo groups is 1. The molecule has 4 aromatic rings. The molecule has 0 aliphatic rings. The largest absolute Gasteiger partial charge is 1.00 e. The van der Waals surface area contributed by atoms with E-state index < -0.39 is 0 Å². The third-order valence-corrected chi connectivity index (χ3v) is 4.89. The van der Waals surface area contributed by atoms with Gasteiger partial charge in [-0.05, 0) is 29.4 Å². The van der Waals surface area contributed by atoms with Crippen molar-refractivity contribution in [2.75, 3.05) is 0 Å². The number of hydrogen-bond donors (Lipinski definition) is 1. The fourth-order valence-corrected chi connectivity index (χ4v) is 3.58. The second kappa shape index (κ2) is 7.17. The number of H-pyrrole nitrogens is 1. The quantitative estimate of drug-likeness (QED) is 0.426. The summed E-state index contributed by atoms with van der Waals surface area (Å²) in [4.78, 5) is 4.70. The van der Waals surface area contributed by atoms with Crippen LogP contribution in [0.1, 0.15) is 4.88 Å². The van der Waals surface area contributed by atoms with Gasteiger partial charge in [0.05, 0.1) is 17.9 Å². The summed E-state index contributed by atoms with van der Waals surface area (Å²) in [6.45, 7) is 2.07. The molecule has 0 fully saturated rings. The second-order valence-corrected chi connectivity index (χ2v) is 6.91. The van der Waals surface area contributed by atoms with Gasteiger partial charge in [0.15, 0.2) is 0 Å². The predicted octanol–water partition coefficient (Wildman–Crippen LogP) is 2.45. The monoisotopic (exact) mass is 368 g/mol. The summed E-state index contributed by atoms with van der Waals surface area (Å²) in [7, 11) is 1.99.